The summed E-state index contributed by atoms with van der Waals surface area (Å²) in [5.74, 6) is 1.61. The lowest BCUT2D eigenvalue weighted by Crippen LogP contribution is -1.99. The Labute approximate surface area is 82.4 Å². The standard InChI is InChI=1S/C10H11ClN2/c11-9-7-2-1-3-8(7)12-10(13-9)6-4-5-6/h6H,1-5H2. The fourth-order valence-electron chi connectivity index (χ4n) is 1.93. The Bertz CT molecular complexity index is 358. The third kappa shape index (κ3) is 1.24. The van der Waals surface area contributed by atoms with Gasteiger partial charge in [0.25, 0.3) is 0 Å². The monoisotopic (exact) mass is 194 g/mol. The third-order valence-corrected chi connectivity index (χ3v) is 3.16. The van der Waals surface area contributed by atoms with Crippen LogP contribution in [-0.4, -0.2) is 9.97 Å². The first kappa shape index (κ1) is 7.74. The molecule has 0 N–H and O–H groups in total. The van der Waals surface area contributed by atoms with E-state index in [1.807, 2.05) is 0 Å². The first-order valence-electron chi connectivity index (χ1n) is 4.90. The van der Waals surface area contributed by atoms with E-state index in [-0.39, 0.29) is 0 Å². The van der Waals surface area contributed by atoms with Gasteiger partial charge in [0.2, 0.25) is 0 Å². The van der Waals surface area contributed by atoms with E-state index in [0.29, 0.717) is 11.1 Å². The highest BCUT2D eigenvalue weighted by atomic mass is 35.5. The number of fused-ring (bicyclic) bond motifs is 1. The summed E-state index contributed by atoms with van der Waals surface area (Å²) in [7, 11) is 0. The molecule has 2 aliphatic carbocycles. The van der Waals surface area contributed by atoms with Crippen molar-refractivity contribution in [1.29, 1.82) is 0 Å². The molecule has 0 spiro atoms. The molecule has 1 saturated carbocycles. The van der Waals surface area contributed by atoms with Crippen LogP contribution in [0.5, 0.6) is 0 Å². The SMILES string of the molecule is Clc1nc(C2CC2)nc2c1CCC2. The predicted molar refractivity (Wildman–Crippen MR) is 51.0 cm³/mol. The van der Waals surface area contributed by atoms with Crippen LogP contribution in [0.25, 0.3) is 0 Å². The summed E-state index contributed by atoms with van der Waals surface area (Å²) in [5, 5.41) is 0.712. The van der Waals surface area contributed by atoms with E-state index in [0.717, 1.165) is 18.7 Å². The van der Waals surface area contributed by atoms with Gasteiger partial charge < -0.3 is 0 Å². The van der Waals surface area contributed by atoms with Gasteiger partial charge in [-0.15, -0.1) is 0 Å². The van der Waals surface area contributed by atoms with E-state index >= 15 is 0 Å². The van der Waals surface area contributed by atoms with E-state index < -0.39 is 0 Å². The minimum Gasteiger partial charge on any atom is -0.237 e. The summed E-state index contributed by atoms with van der Waals surface area (Å²) >= 11 is 6.10. The molecule has 13 heavy (non-hydrogen) atoms. The summed E-state index contributed by atoms with van der Waals surface area (Å²) < 4.78 is 0. The number of aryl methyl sites for hydroxylation is 1. The largest absolute Gasteiger partial charge is 0.237 e. The molecule has 2 aliphatic rings. The highest BCUT2D eigenvalue weighted by Crippen LogP contribution is 2.39. The Hall–Kier alpha value is -0.630. The van der Waals surface area contributed by atoms with Crippen LogP contribution in [0.15, 0.2) is 0 Å². The first-order chi connectivity index (χ1) is 6.34. The quantitative estimate of drug-likeness (QED) is 0.642. The maximum atomic E-state index is 6.10. The average Bonchev–Trinajstić information content (AvgIpc) is 2.85. The van der Waals surface area contributed by atoms with E-state index in [2.05, 4.69) is 9.97 Å². The molecule has 1 aromatic rings. The van der Waals surface area contributed by atoms with Crippen molar-refractivity contribution in [2.24, 2.45) is 0 Å². The molecule has 0 atom stereocenters. The number of halogens is 1. The second kappa shape index (κ2) is 2.68. The predicted octanol–water partition coefficient (Wildman–Crippen LogP) is 2.50. The molecule has 0 radical (unpaired) electrons. The molecule has 0 amide bonds. The van der Waals surface area contributed by atoms with E-state index in [1.165, 1.54) is 30.5 Å². The van der Waals surface area contributed by atoms with Crippen LogP contribution in [-0.2, 0) is 12.8 Å². The van der Waals surface area contributed by atoms with E-state index in [9.17, 15) is 0 Å². The molecule has 68 valence electrons. The van der Waals surface area contributed by atoms with Crippen LogP contribution in [0, 0.1) is 0 Å². The van der Waals surface area contributed by atoms with Gasteiger partial charge in [0.15, 0.2) is 0 Å². The van der Waals surface area contributed by atoms with Gasteiger partial charge in [-0.2, -0.15) is 0 Å². The van der Waals surface area contributed by atoms with Crippen LogP contribution in [0.2, 0.25) is 5.15 Å². The van der Waals surface area contributed by atoms with Gasteiger partial charge in [0, 0.05) is 17.2 Å². The molecule has 3 rings (SSSR count). The van der Waals surface area contributed by atoms with Crippen molar-refractivity contribution >= 4 is 11.6 Å². The van der Waals surface area contributed by atoms with Gasteiger partial charge in [0.05, 0.1) is 0 Å². The van der Waals surface area contributed by atoms with Crippen LogP contribution in [0.4, 0.5) is 0 Å². The lowest BCUT2D eigenvalue weighted by molar-refractivity contribution is 0.872. The Morgan fingerprint density at radius 1 is 1.15 bits per heavy atom. The molecule has 2 nitrogen and oxygen atoms in total. The number of rotatable bonds is 1. The zero-order valence-corrected chi connectivity index (χ0v) is 8.14. The minimum atomic E-state index is 0.614. The van der Waals surface area contributed by atoms with E-state index in [4.69, 9.17) is 11.6 Å². The maximum absolute atomic E-state index is 6.10. The van der Waals surface area contributed by atoms with Crippen molar-refractivity contribution in [3.63, 3.8) is 0 Å². The van der Waals surface area contributed by atoms with Crippen LogP contribution in [0.3, 0.4) is 0 Å². The number of hydrogen-bond acceptors (Lipinski definition) is 2. The van der Waals surface area contributed by atoms with Gasteiger partial charge in [-0.05, 0) is 32.1 Å². The fraction of sp³-hybridized carbons (Fsp3) is 0.600. The molecule has 0 unspecified atom stereocenters. The molecule has 1 heterocycles. The second-order valence-electron chi connectivity index (χ2n) is 3.93. The molecular formula is C10H11ClN2. The summed E-state index contributed by atoms with van der Waals surface area (Å²) in [6.07, 6.45) is 5.85. The van der Waals surface area contributed by atoms with Crippen molar-refractivity contribution in [3.05, 3.63) is 22.2 Å². The number of nitrogens with zero attached hydrogens (tertiary/aromatic N) is 2. The number of hydrogen-bond donors (Lipinski definition) is 0. The van der Waals surface area contributed by atoms with Crippen molar-refractivity contribution in [2.75, 3.05) is 0 Å². The highest BCUT2D eigenvalue weighted by molar-refractivity contribution is 6.30. The van der Waals surface area contributed by atoms with Gasteiger partial charge in [-0.25, -0.2) is 9.97 Å². The van der Waals surface area contributed by atoms with Crippen molar-refractivity contribution in [2.45, 2.75) is 38.0 Å². The molecule has 0 saturated heterocycles. The Balaban J connectivity index is 2.10. The summed E-state index contributed by atoms with van der Waals surface area (Å²) in [5.41, 5.74) is 2.41. The maximum Gasteiger partial charge on any atom is 0.136 e. The van der Waals surface area contributed by atoms with Gasteiger partial charge in [-0.3, -0.25) is 0 Å². The van der Waals surface area contributed by atoms with Crippen LogP contribution in [0.1, 0.15) is 42.3 Å². The normalized spacial score (nSPS) is 20.4. The topological polar surface area (TPSA) is 25.8 Å². The van der Waals surface area contributed by atoms with Gasteiger partial charge in [0.1, 0.15) is 11.0 Å². The summed E-state index contributed by atoms with van der Waals surface area (Å²) in [4.78, 5) is 8.94. The molecular weight excluding hydrogens is 184 g/mol. The minimum absolute atomic E-state index is 0.614. The van der Waals surface area contributed by atoms with Crippen LogP contribution >= 0.6 is 11.6 Å². The van der Waals surface area contributed by atoms with Crippen molar-refractivity contribution in [3.8, 4) is 0 Å². The lowest BCUT2D eigenvalue weighted by Gasteiger charge is -2.03. The van der Waals surface area contributed by atoms with Crippen molar-refractivity contribution in [1.82, 2.24) is 9.97 Å². The zero-order valence-electron chi connectivity index (χ0n) is 7.39. The summed E-state index contributed by atoms with van der Waals surface area (Å²) in [6, 6.07) is 0. The first-order valence-corrected chi connectivity index (χ1v) is 5.27. The molecule has 1 aromatic heterocycles. The number of aromatic nitrogens is 2. The Kier molecular flexibility index (Phi) is 1.59. The average molecular weight is 195 g/mol. The summed E-state index contributed by atoms with van der Waals surface area (Å²) in [6.45, 7) is 0. The smallest absolute Gasteiger partial charge is 0.136 e. The van der Waals surface area contributed by atoms with Crippen molar-refractivity contribution < 1.29 is 0 Å². The molecule has 3 heteroatoms. The second-order valence-corrected chi connectivity index (χ2v) is 4.28. The Morgan fingerprint density at radius 2 is 2.00 bits per heavy atom. The fourth-order valence-corrected chi connectivity index (χ4v) is 2.22. The third-order valence-electron chi connectivity index (χ3n) is 2.84. The Morgan fingerprint density at radius 3 is 2.77 bits per heavy atom. The van der Waals surface area contributed by atoms with E-state index in [1.54, 1.807) is 0 Å². The molecule has 0 aliphatic heterocycles. The zero-order chi connectivity index (χ0) is 8.84. The molecule has 1 fully saturated rings. The molecule has 0 bridgehead atoms. The highest BCUT2D eigenvalue weighted by Gasteiger charge is 2.29. The lowest BCUT2D eigenvalue weighted by atomic mass is 10.2. The van der Waals surface area contributed by atoms with Crippen LogP contribution < -0.4 is 0 Å². The van der Waals surface area contributed by atoms with Gasteiger partial charge in [-0.1, -0.05) is 11.6 Å². The van der Waals surface area contributed by atoms with Gasteiger partial charge >= 0.3 is 0 Å². The molecule has 0 aromatic carbocycles.